The average molecular weight is 263 g/mol. The molecule has 0 aliphatic heterocycles. The van der Waals surface area contributed by atoms with Crippen LogP contribution in [0.15, 0.2) is 0 Å². The number of phosphoric acid groups is 1. The molecule has 1 aromatic heterocycles. The number of anilines is 1. The van der Waals surface area contributed by atoms with Crippen LogP contribution in [0, 0.1) is 6.92 Å². The van der Waals surface area contributed by atoms with Crippen molar-refractivity contribution >= 4 is 13.6 Å². The first-order chi connectivity index (χ1) is 7.76. The third kappa shape index (κ3) is 3.39. The summed E-state index contributed by atoms with van der Waals surface area (Å²) in [5.41, 5.74) is 11.8. The van der Waals surface area contributed by atoms with Gasteiger partial charge in [0.25, 0.3) is 0 Å². The van der Waals surface area contributed by atoms with E-state index in [1.165, 1.54) is 0 Å². The van der Waals surface area contributed by atoms with E-state index < -0.39 is 14.4 Å². The van der Waals surface area contributed by atoms with Gasteiger partial charge in [-0.15, -0.1) is 0 Å². The van der Waals surface area contributed by atoms with Crippen LogP contribution in [0.2, 0.25) is 0 Å². The lowest BCUT2D eigenvalue weighted by molar-refractivity contribution is 0.188. The van der Waals surface area contributed by atoms with Crippen LogP contribution in [0.3, 0.4) is 0 Å². The Balaban J connectivity index is 3.14. The zero-order valence-electron chi connectivity index (χ0n) is 9.12. The molecule has 7 N–H and O–H groups in total. The van der Waals surface area contributed by atoms with Crippen molar-refractivity contribution in [3.63, 3.8) is 0 Å². The summed E-state index contributed by atoms with van der Waals surface area (Å²) in [5.74, 6) is -0.125. The quantitative estimate of drug-likeness (QED) is 0.466. The average Bonchev–Trinajstić information content (AvgIpc) is 2.20. The number of pyridine rings is 1. The summed E-state index contributed by atoms with van der Waals surface area (Å²) < 4.78 is 14.9. The minimum absolute atomic E-state index is 0.0224. The molecule has 0 radical (unpaired) electrons. The molecule has 0 aliphatic rings. The molecular formula is C8H14N3O5P. The van der Waals surface area contributed by atoms with Gasteiger partial charge in [-0.3, -0.25) is 4.52 Å². The van der Waals surface area contributed by atoms with Crippen molar-refractivity contribution in [1.29, 1.82) is 0 Å². The second kappa shape index (κ2) is 4.99. The van der Waals surface area contributed by atoms with Crippen LogP contribution in [0.25, 0.3) is 0 Å². The van der Waals surface area contributed by atoms with Gasteiger partial charge < -0.3 is 26.4 Å². The Kier molecular flexibility index (Phi) is 4.07. The standard InChI is InChI=1S/C8H14N3O5P/c1-4-7(12)5(2-9)6(8(10)11-4)3-16-17(13,14)15/h12H,2-3,9H2,1H3,(H2,10,11)(H2,13,14,15). The molecule has 0 fully saturated rings. The van der Waals surface area contributed by atoms with E-state index in [-0.39, 0.29) is 29.2 Å². The van der Waals surface area contributed by atoms with Gasteiger partial charge in [0.2, 0.25) is 0 Å². The van der Waals surface area contributed by atoms with Gasteiger partial charge in [-0.05, 0) is 6.92 Å². The summed E-state index contributed by atoms with van der Waals surface area (Å²) in [6.07, 6.45) is 0. The first kappa shape index (κ1) is 13.9. The first-order valence-corrected chi connectivity index (χ1v) is 6.16. The van der Waals surface area contributed by atoms with Crippen LogP contribution >= 0.6 is 7.82 Å². The minimum atomic E-state index is -4.61. The van der Waals surface area contributed by atoms with Crippen LogP contribution < -0.4 is 11.5 Å². The van der Waals surface area contributed by atoms with Crippen molar-refractivity contribution in [2.75, 3.05) is 5.73 Å². The second-order valence-corrected chi connectivity index (χ2v) is 4.60. The fraction of sp³-hybridized carbons (Fsp3) is 0.375. The molecule has 96 valence electrons. The lowest BCUT2D eigenvalue weighted by Crippen LogP contribution is -2.10. The van der Waals surface area contributed by atoms with Gasteiger partial charge in [0.1, 0.15) is 11.6 Å². The largest absolute Gasteiger partial charge is 0.506 e. The number of phosphoric ester groups is 1. The molecule has 0 unspecified atom stereocenters. The third-order valence-corrected chi connectivity index (χ3v) is 2.64. The summed E-state index contributed by atoms with van der Waals surface area (Å²) in [4.78, 5) is 21.0. The van der Waals surface area contributed by atoms with E-state index in [4.69, 9.17) is 21.3 Å². The maximum Gasteiger partial charge on any atom is 0.469 e. The molecule has 8 nitrogen and oxygen atoms in total. The van der Waals surface area contributed by atoms with E-state index in [1.54, 1.807) is 6.92 Å². The van der Waals surface area contributed by atoms with Gasteiger partial charge in [-0.1, -0.05) is 0 Å². The van der Waals surface area contributed by atoms with Gasteiger partial charge in [-0.25, -0.2) is 9.55 Å². The Morgan fingerprint density at radius 2 is 2.00 bits per heavy atom. The number of nitrogens with zero attached hydrogens (tertiary/aromatic N) is 1. The molecule has 1 aromatic rings. The van der Waals surface area contributed by atoms with Crippen LogP contribution in [-0.2, 0) is 22.2 Å². The van der Waals surface area contributed by atoms with Crippen molar-refractivity contribution in [2.24, 2.45) is 5.73 Å². The maximum absolute atomic E-state index is 10.6. The molecule has 0 aliphatic carbocycles. The molecule has 1 heterocycles. The first-order valence-electron chi connectivity index (χ1n) is 4.63. The predicted octanol–water partition coefficient (Wildman–Crippen LogP) is -0.254. The highest BCUT2D eigenvalue weighted by Gasteiger charge is 2.19. The van der Waals surface area contributed by atoms with E-state index in [0.717, 1.165) is 0 Å². The van der Waals surface area contributed by atoms with E-state index in [0.29, 0.717) is 5.69 Å². The number of rotatable bonds is 4. The third-order valence-electron chi connectivity index (χ3n) is 2.17. The highest BCUT2D eigenvalue weighted by molar-refractivity contribution is 7.46. The SMILES string of the molecule is Cc1nc(N)c(COP(=O)(O)O)c(CN)c1O. The number of aryl methyl sites for hydroxylation is 1. The monoisotopic (exact) mass is 263 g/mol. The van der Waals surface area contributed by atoms with Crippen LogP contribution in [-0.4, -0.2) is 19.9 Å². The smallest absolute Gasteiger partial charge is 0.469 e. The highest BCUT2D eigenvalue weighted by atomic mass is 31.2. The van der Waals surface area contributed by atoms with Gasteiger partial charge in [0.05, 0.1) is 12.3 Å². The minimum Gasteiger partial charge on any atom is -0.506 e. The number of hydrogen-bond acceptors (Lipinski definition) is 6. The fourth-order valence-corrected chi connectivity index (χ4v) is 1.64. The highest BCUT2D eigenvalue weighted by Crippen LogP contribution is 2.39. The van der Waals surface area contributed by atoms with Crippen molar-refractivity contribution in [1.82, 2.24) is 4.98 Å². The zero-order valence-corrected chi connectivity index (χ0v) is 10.0. The molecule has 9 heteroatoms. The molecule has 1 rings (SSSR count). The summed E-state index contributed by atoms with van der Waals surface area (Å²) in [6.45, 7) is 1.03. The molecule has 0 aromatic carbocycles. The van der Waals surface area contributed by atoms with Crippen LogP contribution in [0.1, 0.15) is 16.8 Å². The predicted molar refractivity (Wildman–Crippen MR) is 59.8 cm³/mol. The molecule has 0 spiro atoms. The van der Waals surface area contributed by atoms with E-state index in [9.17, 15) is 9.67 Å². The molecule has 0 amide bonds. The van der Waals surface area contributed by atoms with E-state index in [1.807, 2.05) is 0 Å². The molecule has 0 atom stereocenters. The Labute approximate surface area is 97.5 Å². The summed E-state index contributed by atoms with van der Waals surface area (Å²) in [6, 6.07) is 0. The van der Waals surface area contributed by atoms with Crippen molar-refractivity contribution < 1.29 is 24.0 Å². The van der Waals surface area contributed by atoms with Gasteiger partial charge in [-0.2, -0.15) is 0 Å². The van der Waals surface area contributed by atoms with Crippen molar-refractivity contribution in [2.45, 2.75) is 20.1 Å². The zero-order chi connectivity index (χ0) is 13.2. The van der Waals surface area contributed by atoms with Crippen LogP contribution in [0.4, 0.5) is 5.82 Å². The summed E-state index contributed by atoms with van der Waals surface area (Å²) >= 11 is 0. The number of aromatic nitrogens is 1. The van der Waals surface area contributed by atoms with Gasteiger partial charge in [0, 0.05) is 17.7 Å². The summed E-state index contributed by atoms with van der Waals surface area (Å²) in [5, 5.41) is 9.68. The molecular weight excluding hydrogens is 249 g/mol. The Hall–Kier alpha value is -1.18. The fourth-order valence-electron chi connectivity index (χ4n) is 1.35. The van der Waals surface area contributed by atoms with Crippen molar-refractivity contribution in [3.8, 4) is 5.75 Å². The topological polar surface area (TPSA) is 152 Å². The number of nitrogens with two attached hydrogens (primary N) is 2. The molecule has 0 saturated carbocycles. The maximum atomic E-state index is 10.6. The molecule has 0 saturated heterocycles. The van der Waals surface area contributed by atoms with E-state index >= 15 is 0 Å². The lowest BCUT2D eigenvalue weighted by atomic mass is 10.1. The van der Waals surface area contributed by atoms with Crippen molar-refractivity contribution in [3.05, 3.63) is 16.8 Å². The lowest BCUT2D eigenvalue weighted by Gasteiger charge is -2.14. The van der Waals surface area contributed by atoms with E-state index in [2.05, 4.69) is 9.51 Å². The normalized spacial score (nSPS) is 11.8. The Morgan fingerprint density at radius 1 is 1.41 bits per heavy atom. The van der Waals surface area contributed by atoms with Crippen LogP contribution in [0.5, 0.6) is 5.75 Å². The second-order valence-electron chi connectivity index (χ2n) is 3.36. The Morgan fingerprint density at radius 3 is 2.47 bits per heavy atom. The van der Waals surface area contributed by atoms with Gasteiger partial charge >= 0.3 is 7.82 Å². The molecule has 17 heavy (non-hydrogen) atoms. The Bertz CT molecular complexity index is 473. The number of nitrogen functional groups attached to an aromatic ring is 1. The van der Waals surface area contributed by atoms with Gasteiger partial charge in [0.15, 0.2) is 0 Å². The number of aromatic hydroxyl groups is 1. The number of hydrogen-bond donors (Lipinski definition) is 5. The summed E-state index contributed by atoms with van der Waals surface area (Å²) in [7, 11) is -4.61. The molecule has 0 bridgehead atoms.